The van der Waals surface area contributed by atoms with Gasteiger partial charge in [-0.15, -0.1) is 0 Å². The molecule has 0 aliphatic heterocycles. The van der Waals surface area contributed by atoms with Gasteiger partial charge in [-0.3, -0.25) is 0 Å². The summed E-state index contributed by atoms with van der Waals surface area (Å²) in [5.74, 6) is 1.69. The zero-order valence-corrected chi connectivity index (χ0v) is 8.58. The molecule has 0 aromatic carbocycles. The average Bonchev–Trinajstić information content (AvgIpc) is 2.00. The largest absolute Gasteiger partial charge is 0.303 e. The maximum Gasteiger partial charge on any atom is 0.120 e. The number of hydrogen-bond donors (Lipinski definition) is 0. The Bertz CT molecular complexity index is 147. The van der Waals surface area contributed by atoms with Crippen molar-refractivity contribution in [2.45, 2.75) is 34.1 Å². The van der Waals surface area contributed by atoms with E-state index in [4.69, 9.17) is 0 Å². The summed E-state index contributed by atoms with van der Waals surface area (Å²) in [5.41, 5.74) is 0. The summed E-state index contributed by atoms with van der Waals surface area (Å²) in [6, 6.07) is 0. The van der Waals surface area contributed by atoms with Crippen LogP contribution in [0.15, 0.2) is 12.2 Å². The second-order valence-electron chi connectivity index (χ2n) is 3.87. The smallest absolute Gasteiger partial charge is 0.120 e. The van der Waals surface area contributed by atoms with E-state index in [0.717, 1.165) is 6.29 Å². The summed E-state index contributed by atoms with van der Waals surface area (Å²) < 4.78 is 0. The molecule has 0 aliphatic carbocycles. The molecule has 2 unspecified atom stereocenters. The predicted octanol–water partition coefficient (Wildman–Crippen LogP) is 3.06. The third-order valence-electron chi connectivity index (χ3n) is 2.26. The molecular weight excluding hydrogens is 148 g/mol. The standard InChI is InChI=1S/C11H20O/c1-9(2)11(4)6-5-10(3)7-8-12/h5-6,8-11H,7H2,1-4H3. The molecule has 0 saturated heterocycles. The van der Waals surface area contributed by atoms with Gasteiger partial charge in [-0.05, 0) is 17.8 Å². The number of rotatable bonds is 5. The first kappa shape index (κ1) is 11.4. The van der Waals surface area contributed by atoms with Crippen LogP contribution >= 0.6 is 0 Å². The fourth-order valence-electron chi connectivity index (χ4n) is 0.818. The van der Waals surface area contributed by atoms with E-state index in [0.29, 0.717) is 24.2 Å². The van der Waals surface area contributed by atoms with Crippen LogP contribution in [0, 0.1) is 17.8 Å². The van der Waals surface area contributed by atoms with E-state index in [1.165, 1.54) is 0 Å². The minimum absolute atomic E-state index is 0.392. The van der Waals surface area contributed by atoms with Crippen molar-refractivity contribution in [1.29, 1.82) is 0 Å². The highest BCUT2D eigenvalue weighted by Crippen LogP contribution is 2.12. The van der Waals surface area contributed by atoms with Gasteiger partial charge in [0.25, 0.3) is 0 Å². The molecule has 0 heterocycles. The fraction of sp³-hybridized carbons (Fsp3) is 0.727. The zero-order chi connectivity index (χ0) is 9.56. The Labute approximate surface area is 75.9 Å². The summed E-state index contributed by atoms with van der Waals surface area (Å²) in [7, 11) is 0. The van der Waals surface area contributed by atoms with Crippen LogP contribution < -0.4 is 0 Å². The van der Waals surface area contributed by atoms with Gasteiger partial charge in [0.2, 0.25) is 0 Å². The van der Waals surface area contributed by atoms with E-state index in [-0.39, 0.29) is 0 Å². The molecule has 1 nitrogen and oxygen atoms in total. The molecule has 12 heavy (non-hydrogen) atoms. The van der Waals surface area contributed by atoms with E-state index in [1.54, 1.807) is 0 Å². The molecule has 0 aliphatic rings. The number of hydrogen-bond acceptors (Lipinski definition) is 1. The molecule has 0 bridgehead atoms. The van der Waals surface area contributed by atoms with E-state index >= 15 is 0 Å². The number of carbonyl (C=O) groups is 1. The highest BCUT2D eigenvalue weighted by atomic mass is 16.1. The number of allylic oxidation sites excluding steroid dienone is 2. The van der Waals surface area contributed by atoms with Gasteiger partial charge in [0, 0.05) is 6.42 Å². The average molecular weight is 168 g/mol. The summed E-state index contributed by atoms with van der Waals surface area (Å²) in [6.45, 7) is 8.69. The minimum atomic E-state index is 0.392. The number of carbonyl (C=O) groups excluding carboxylic acids is 1. The maximum absolute atomic E-state index is 10.2. The molecule has 0 saturated carbocycles. The van der Waals surface area contributed by atoms with Crippen molar-refractivity contribution in [3.8, 4) is 0 Å². The van der Waals surface area contributed by atoms with Crippen molar-refractivity contribution >= 4 is 6.29 Å². The first-order valence-electron chi connectivity index (χ1n) is 4.69. The van der Waals surface area contributed by atoms with E-state index in [1.807, 2.05) is 0 Å². The lowest BCUT2D eigenvalue weighted by Gasteiger charge is -2.10. The second-order valence-corrected chi connectivity index (χ2v) is 3.87. The van der Waals surface area contributed by atoms with Crippen LogP contribution in [0.4, 0.5) is 0 Å². The van der Waals surface area contributed by atoms with Gasteiger partial charge < -0.3 is 4.79 Å². The zero-order valence-electron chi connectivity index (χ0n) is 8.58. The summed E-state index contributed by atoms with van der Waals surface area (Å²) in [4.78, 5) is 10.2. The Hall–Kier alpha value is -0.590. The van der Waals surface area contributed by atoms with Crippen LogP contribution in [0.2, 0.25) is 0 Å². The van der Waals surface area contributed by atoms with E-state index in [2.05, 4.69) is 39.8 Å². The lowest BCUT2D eigenvalue weighted by atomic mass is 9.96. The Balaban J connectivity index is 3.79. The molecule has 1 heteroatoms. The van der Waals surface area contributed by atoms with Crippen LogP contribution in [0.1, 0.15) is 34.1 Å². The van der Waals surface area contributed by atoms with Gasteiger partial charge in [-0.25, -0.2) is 0 Å². The Morgan fingerprint density at radius 3 is 2.08 bits per heavy atom. The molecule has 0 aromatic heterocycles. The topological polar surface area (TPSA) is 17.1 Å². The molecule has 70 valence electrons. The van der Waals surface area contributed by atoms with Crippen molar-refractivity contribution in [3.05, 3.63) is 12.2 Å². The lowest BCUT2D eigenvalue weighted by Crippen LogP contribution is -2.00. The molecule has 0 N–H and O–H groups in total. The summed E-state index contributed by atoms with van der Waals surface area (Å²) >= 11 is 0. The monoisotopic (exact) mass is 168 g/mol. The van der Waals surface area contributed by atoms with E-state index < -0.39 is 0 Å². The van der Waals surface area contributed by atoms with Crippen LogP contribution in [0.5, 0.6) is 0 Å². The molecule has 0 amide bonds. The fourth-order valence-corrected chi connectivity index (χ4v) is 0.818. The number of aldehydes is 1. The van der Waals surface area contributed by atoms with Gasteiger partial charge in [-0.1, -0.05) is 39.8 Å². The van der Waals surface area contributed by atoms with Crippen LogP contribution in [0.3, 0.4) is 0 Å². The van der Waals surface area contributed by atoms with Crippen molar-refractivity contribution in [1.82, 2.24) is 0 Å². The molecule has 2 atom stereocenters. The molecule has 0 radical (unpaired) electrons. The first-order valence-corrected chi connectivity index (χ1v) is 4.69. The predicted molar refractivity (Wildman–Crippen MR) is 53.0 cm³/mol. The second kappa shape index (κ2) is 5.99. The van der Waals surface area contributed by atoms with Gasteiger partial charge in [0.05, 0.1) is 0 Å². The van der Waals surface area contributed by atoms with Gasteiger partial charge >= 0.3 is 0 Å². The van der Waals surface area contributed by atoms with Crippen molar-refractivity contribution < 1.29 is 4.79 Å². The normalized spacial score (nSPS) is 16.8. The van der Waals surface area contributed by atoms with Crippen LogP contribution in [-0.4, -0.2) is 6.29 Å². The third-order valence-corrected chi connectivity index (χ3v) is 2.26. The van der Waals surface area contributed by atoms with Gasteiger partial charge in [-0.2, -0.15) is 0 Å². The Morgan fingerprint density at radius 1 is 1.08 bits per heavy atom. The Morgan fingerprint density at radius 2 is 1.67 bits per heavy atom. The first-order chi connectivity index (χ1) is 5.57. The molecule has 0 spiro atoms. The SMILES string of the molecule is CC(C=CC(C)C(C)C)CC=O. The van der Waals surface area contributed by atoms with Crippen molar-refractivity contribution in [2.75, 3.05) is 0 Å². The van der Waals surface area contributed by atoms with E-state index in [9.17, 15) is 4.79 Å². The van der Waals surface area contributed by atoms with Crippen LogP contribution in [-0.2, 0) is 4.79 Å². The van der Waals surface area contributed by atoms with Crippen LogP contribution in [0.25, 0.3) is 0 Å². The highest BCUT2D eigenvalue weighted by Gasteiger charge is 2.02. The molecule has 0 fully saturated rings. The Kier molecular flexibility index (Phi) is 5.69. The third kappa shape index (κ3) is 5.11. The highest BCUT2D eigenvalue weighted by molar-refractivity contribution is 5.50. The van der Waals surface area contributed by atoms with Crippen molar-refractivity contribution in [2.24, 2.45) is 17.8 Å². The lowest BCUT2D eigenvalue weighted by molar-refractivity contribution is -0.108. The molecule has 0 aromatic rings. The summed E-state index contributed by atoms with van der Waals surface area (Å²) in [5, 5.41) is 0. The molecule has 0 rings (SSSR count). The minimum Gasteiger partial charge on any atom is -0.303 e. The quantitative estimate of drug-likeness (QED) is 0.455. The van der Waals surface area contributed by atoms with Gasteiger partial charge in [0.1, 0.15) is 6.29 Å². The maximum atomic E-state index is 10.2. The molecular formula is C11H20O. The van der Waals surface area contributed by atoms with Gasteiger partial charge in [0.15, 0.2) is 0 Å². The summed E-state index contributed by atoms with van der Waals surface area (Å²) in [6.07, 6.45) is 5.97. The van der Waals surface area contributed by atoms with Crippen molar-refractivity contribution in [3.63, 3.8) is 0 Å².